The first kappa shape index (κ1) is 18.8. The molecule has 0 bridgehead atoms. The molecular weight excluding hydrogens is 350 g/mol. The maximum absolute atomic E-state index is 12.3. The molecule has 1 saturated heterocycles. The van der Waals surface area contributed by atoms with E-state index in [1.807, 2.05) is 23.1 Å². The molecule has 1 aliphatic rings. The summed E-state index contributed by atoms with van der Waals surface area (Å²) in [5, 5.41) is 2.78. The smallest absolute Gasteiger partial charge is 0.321 e. The number of nitrogens with zero attached hydrogens (tertiary/aromatic N) is 4. The third-order valence-corrected chi connectivity index (χ3v) is 3.97. The molecule has 1 amide bonds. The van der Waals surface area contributed by atoms with E-state index in [1.165, 1.54) is 7.11 Å². The van der Waals surface area contributed by atoms with Crippen LogP contribution in [0.4, 0.5) is 5.95 Å². The molecular formula is C18H23N5O4. The van der Waals surface area contributed by atoms with Crippen LogP contribution >= 0.6 is 0 Å². The Hall–Kier alpha value is -2.94. The molecule has 144 valence electrons. The van der Waals surface area contributed by atoms with Crippen LogP contribution in [0.25, 0.3) is 0 Å². The van der Waals surface area contributed by atoms with E-state index in [9.17, 15) is 4.79 Å². The SMILES string of the molecule is COc1nc(CNC(=O)C(C)Oc2ccccc2)nc(N2CCOCC2)n1. The Morgan fingerprint density at radius 1 is 1.22 bits per heavy atom. The fourth-order valence-electron chi connectivity index (χ4n) is 2.53. The first-order chi connectivity index (χ1) is 13.2. The fraction of sp³-hybridized carbons (Fsp3) is 0.444. The van der Waals surface area contributed by atoms with Crippen molar-refractivity contribution < 1.29 is 19.0 Å². The van der Waals surface area contributed by atoms with E-state index in [0.29, 0.717) is 43.8 Å². The Kier molecular flexibility index (Phi) is 6.37. The number of nitrogens with one attached hydrogen (secondary N) is 1. The van der Waals surface area contributed by atoms with Gasteiger partial charge in [-0.2, -0.15) is 15.0 Å². The molecule has 2 heterocycles. The number of para-hydroxylation sites is 1. The van der Waals surface area contributed by atoms with Crippen LogP contribution in [0.15, 0.2) is 30.3 Å². The molecule has 9 heteroatoms. The highest BCUT2D eigenvalue weighted by atomic mass is 16.5. The second-order valence-corrected chi connectivity index (χ2v) is 5.93. The zero-order valence-corrected chi connectivity index (χ0v) is 15.4. The van der Waals surface area contributed by atoms with Gasteiger partial charge in [0.1, 0.15) is 5.75 Å². The molecule has 1 fully saturated rings. The quantitative estimate of drug-likeness (QED) is 0.761. The highest BCUT2D eigenvalue weighted by Gasteiger charge is 2.18. The number of methoxy groups -OCH3 is 1. The van der Waals surface area contributed by atoms with Crippen molar-refractivity contribution in [3.8, 4) is 11.8 Å². The molecule has 0 saturated carbocycles. The summed E-state index contributed by atoms with van der Waals surface area (Å²) in [7, 11) is 1.50. The van der Waals surface area contributed by atoms with E-state index in [1.54, 1.807) is 19.1 Å². The van der Waals surface area contributed by atoms with Gasteiger partial charge in [-0.25, -0.2) is 0 Å². The summed E-state index contributed by atoms with van der Waals surface area (Å²) in [6.07, 6.45) is -0.644. The van der Waals surface area contributed by atoms with Gasteiger partial charge < -0.3 is 24.4 Å². The summed E-state index contributed by atoms with van der Waals surface area (Å²) in [6, 6.07) is 9.40. The van der Waals surface area contributed by atoms with E-state index in [2.05, 4.69) is 20.3 Å². The number of aromatic nitrogens is 3. The maximum Gasteiger partial charge on any atom is 0.321 e. The van der Waals surface area contributed by atoms with E-state index in [-0.39, 0.29) is 18.5 Å². The van der Waals surface area contributed by atoms with Crippen LogP contribution in [0.2, 0.25) is 0 Å². The van der Waals surface area contributed by atoms with Gasteiger partial charge in [0.15, 0.2) is 11.9 Å². The number of hydrogen-bond acceptors (Lipinski definition) is 8. The minimum Gasteiger partial charge on any atom is -0.481 e. The molecule has 1 unspecified atom stereocenters. The number of rotatable bonds is 7. The standard InChI is InChI=1S/C18H23N5O4/c1-13(27-14-6-4-3-5-7-14)16(24)19-12-15-20-17(22-18(21-15)25-2)23-8-10-26-11-9-23/h3-7,13H,8-12H2,1-2H3,(H,19,24). The molecule has 0 radical (unpaired) electrons. The van der Waals surface area contributed by atoms with Crippen molar-refractivity contribution in [2.24, 2.45) is 0 Å². The number of morpholine rings is 1. The molecule has 0 aliphatic carbocycles. The van der Waals surface area contributed by atoms with Crippen molar-refractivity contribution in [1.29, 1.82) is 0 Å². The summed E-state index contributed by atoms with van der Waals surface area (Å²) in [5.74, 6) is 1.31. The largest absolute Gasteiger partial charge is 0.481 e. The van der Waals surface area contributed by atoms with Gasteiger partial charge in [-0.05, 0) is 19.1 Å². The van der Waals surface area contributed by atoms with Crippen molar-refractivity contribution in [1.82, 2.24) is 20.3 Å². The van der Waals surface area contributed by atoms with Gasteiger partial charge in [-0.1, -0.05) is 18.2 Å². The lowest BCUT2D eigenvalue weighted by Gasteiger charge is -2.26. The molecule has 1 aromatic carbocycles. The van der Waals surface area contributed by atoms with Gasteiger partial charge in [0.2, 0.25) is 5.95 Å². The van der Waals surface area contributed by atoms with Gasteiger partial charge in [0.25, 0.3) is 5.91 Å². The van der Waals surface area contributed by atoms with Gasteiger partial charge in [0.05, 0.1) is 26.9 Å². The molecule has 1 N–H and O–H groups in total. The topological polar surface area (TPSA) is 98.7 Å². The van der Waals surface area contributed by atoms with E-state index in [0.717, 1.165) is 0 Å². The average molecular weight is 373 g/mol. The maximum atomic E-state index is 12.3. The lowest BCUT2D eigenvalue weighted by molar-refractivity contribution is -0.127. The van der Waals surface area contributed by atoms with Crippen molar-refractivity contribution in [2.45, 2.75) is 19.6 Å². The Morgan fingerprint density at radius 2 is 1.96 bits per heavy atom. The molecule has 1 aliphatic heterocycles. The average Bonchev–Trinajstić information content (AvgIpc) is 2.73. The van der Waals surface area contributed by atoms with Gasteiger partial charge in [-0.3, -0.25) is 4.79 Å². The second-order valence-electron chi connectivity index (χ2n) is 5.93. The van der Waals surface area contributed by atoms with Crippen molar-refractivity contribution in [2.75, 3.05) is 38.3 Å². The number of amides is 1. The van der Waals surface area contributed by atoms with E-state index in [4.69, 9.17) is 14.2 Å². The van der Waals surface area contributed by atoms with Crippen LogP contribution < -0.4 is 19.7 Å². The zero-order chi connectivity index (χ0) is 19.1. The lowest BCUT2D eigenvalue weighted by Crippen LogP contribution is -2.38. The van der Waals surface area contributed by atoms with Crippen molar-refractivity contribution >= 4 is 11.9 Å². The van der Waals surface area contributed by atoms with Crippen LogP contribution in [0.3, 0.4) is 0 Å². The number of ether oxygens (including phenoxy) is 3. The third kappa shape index (κ3) is 5.27. The highest BCUT2D eigenvalue weighted by molar-refractivity contribution is 5.80. The van der Waals surface area contributed by atoms with Crippen LogP contribution in [0, 0.1) is 0 Å². The molecule has 1 aromatic heterocycles. The highest BCUT2D eigenvalue weighted by Crippen LogP contribution is 2.14. The summed E-state index contributed by atoms with van der Waals surface area (Å²) < 4.78 is 16.1. The Bertz CT molecular complexity index is 753. The predicted octanol–water partition coefficient (Wildman–Crippen LogP) is 0.800. The monoisotopic (exact) mass is 373 g/mol. The van der Waals surface area contributed by atoms with Crippen LogP contribution in [0.1, 0.15) is 12.7 Å². The first-order valence-electron chi connectivity index (χ1n) is 8.77. The second kappa shape index (κ2) is 9.13. The van der Waals surface area contributed by atoms with Crippen molar-refractivity contribution in [3.63, 3.8) is 0 Å². The number of anilines is 1. The van der Waals surface area contributed by atoms with Gasteiger partial charge in [-0.15, -0.1) is 0 Å². The number of carbonyl (C=O) groups is 1. The van der Waals surface area contributed by atoms with Gasteiger partial charge in [0, 0.05) is 13.1 Å². The molecule has 0 spiro atoms. The van der Waals surface area contributed by atoms with Crippen LogP contribution in [-0.4, -0.2) is 60.4 Å². The third-order valence-electron chi connectivity index (χ3n) is 3.97. The molecule has 2 aromatic rings. The first-order valence-corrected chi connectivity index (χ1v) is 8.77. The Labute approximate surface area is 157 Å². The minimum absolute atomic E-state index is 0.150. The molecule has 3 rings (SSSR count). The fourth-order valence-corrected chi connectivity index (χ4v) is 2.53. The summed E-state index contributed by atoms with van der Waals surface area (Å²) in [5.41, 5.74) is 0. The summed E-state index contributed by atoms with van der Waals surface area (Å²) in [4.78, 5) is 27.2. The minimum atomic E-state index is -0.644. The predicted molar refractivity (Wildman–Crippen MR) is 97.8 cm³/mol. The summed E-state index contributed by atoms with van der Waals surface area (Å²) in [6.45, 7) is 4.47. The Morgan fingerprint density at radius 3 is 2.67 bits per heavy atom. The van der Waals surface area contributed by atoms with Crippen LogP contribution in [-0.2, 0) is 16.1 Å². The normalized spacial score (nSPS) is 15.1. The van der Waals surface area contributed by atoms with E-state index < -0.39 is 6.10 Å². The van der Waals surface area contributed by atoms with Crippen molar-refractivity contribution in [3.05, 3.63) is 36.2 Å². The number of carbonyl (C=O) groups excluding carboxylic acids is 1. The molecule has 9 nitrogen and oxygen atoms in total. The van der Waals surface area contributed by atoms with Crippen LogP contribution in [0.5, 0.6) is 11.8 Å². The molecule has 1 atom stereocenters. The molecule has 27 heavy (non-hydrogen) atoms. The summed E-state index contributed by atoms with van der Waals surface area (Å²) >= 11 is 0. The lowest BCUT2D eigenvalue weighted by atomic mass is 10.3. The number of benzene rings is 1. The number of hydrogen-bond donors (Lipinski definition) is 1. The van der Waals surface area contributed by atoms with Gasteiger partial charge >= 0.3 is 6.01 Å². The Balaban J connectivity index is 1.61. The zero-order valence-electron chi connectivity index (χ0n) is 15.4. The van der Waals surface area contributed by atoms with E-state index >= 15 is 0 Å².